The van der Waals surface area contributed by atoms with Gasteiger partial charge in [-0.1, -0.05) is 23.7 Å². The SMILES string of the molecule is CC(C)(O)CN1CCC(Nc2ncc(Cl)n(CC(=O)NCc3cnc4[nH]ccc4c3)c2=O)C1.Fc1ccccc1F. The van der Waals surface area contributed by atoms with Gasteiger partial charge < -0.3 is 20.7 Å². The summed E-state index contributed by atoms with van der Waals surface area (Å²) in [6.45, 7) is 5.67. The molecule has 0 radical (unpaired) electrons. The van der Waals surface area contributed by atoms with Crippen molar-refractivity contribution in [2.45, 2.75) is 45.0 Å². The fraction of sp³-hybridized carbons (Fsp3) is 0.357. The molecule has 1 amide bonds. The maximum atomic E-state index is 12.9. The van der Waals surface area contributed by atoms with Crippen LogP contribution in [0.15, 0.2) is 59.8 Å². The van der Waals surface area contributed by atoms with Crippen LogP contribution >= 0.6 is 11.6 Å². The summed E-state index contributed by atoms with van der Waals surface area (Å²) in [6, 6.07) is 8.91. The van der Waals surface area contributed by atoms with Crippen LogP contribution in [-0.2, 0) is 17.9 Å². The number of likely N-dealkylation sites (tertiary alicyclic amines) is 1. The van der Waals surface area contributed by atoms with E-state index in [0.717, 1.165) is 41.7 Å². The molecule has 1 atom stereocenters. The Morgan fingerprint density at radius 1 is 1.20 bits per heavy atom. The van der Waals surface area contributed by atoms with E-state index in [9.17, 15) is 23.5 Å². The number of aromatic nitrogens is 4. The highest BCUT2D eigenvalue weighted by Crippen LogP contribution is 2.17. The number of rotatable bonds is 8. The summed E-state index contributed by atoms with van der Waals surface area (Å²) in [5, 5.41) is 17.0. The molecule has 0 bridgehead atoms. The largest absolute Gasteiger partial charge is 0.389 e. The van der Waals surface area contributed by atoms with E-state index in [1.165, 1.54) is 22.9 Å². The van der Waals surface area contributed by atoms with E-state index in [0.29, 0.717) is 13.1 Å². The minimum Gasteiger partial charge on any atom is -0.389 e. The predicted molar refractivity (Wildman–Crippen MR) is 153 cm³/mol. The highest BCUT2D eigenvalue weighted by molar-refractivity contribution is 6.29. The third kappa shape index (κ3) is 8.56. The summed E-state index contributed by atoms with van der Waals surface area (Å²) in [5.74, 6) is -1.79. The number of nitrogens with one attached hydrogen (secondary N) is 3. The van der Waals surface area contributed by atoms with E-state index < -0.39 is 22.8 Å². The van der Waals surface area contributed by atoms with Crippen molar-refractivity contribution in [3.63, 3.8) is 0 Å². The second-order valence-electron chi connectivity index (χ2n) is 10.4. The topological polar surface area (TPSA) is 128 Å². The van der Waals surface area contributed by atoms with Crippen molar-refractivity contribution in [1.82, 2.24) is 29.7 Å². The number of halogens is 3. The number of anilines is 1. The fourth-order valence-electron chi connectivity index (χ4n) is 4.47. The third-order valence-electron chi connectivity index (χ3n) is 6.30. The number of H-pyrrole nitrogens is 1. The van der Waals surface area contributed by atoms with Crippen LogP contribution in [0.3, 0.4) is 0 Å². The molecule has 41 heavy (non-hydrogen) atoms. The number of β-amino-alcohol motifs (C(OH)–C–C–N with tert-alkyl or cyclic N) is 1. The zero-order valence-electron chi connectivity index (χ0n) is 22.7. The normalized spacial score (nSPS) is 15.4. The lowest BCUT2D eigenvalue weighted by Gasteiger charge is -2.25. The molecule has 0 aliphatic carbocycles. The van der Waals surface area contributed by atoms with Crippen LogP contribution in [0.1, 0.15) is 25.8 Å². The molecular formula is C28H32ClF2N7O3. The molecule has 10 nitrogen and oxygen atoms in total. The molecular weight excluding hydrogens is 556 g/mol. The van der Waals surface area contributed by atoms with E-state index in [1.807, 2.05) is 12.1 Å². The number of benzene rings is 1. The van der Waals surface area contributed by atoms with Gasteiger partial charge in [0, 0.05) is 50.0 Å². The van der Waals surface area contributed by atoms with Gasteiger partial charge in [0.05, 0.1) is 11.8 Å². The molecule has 1 aromatic carbocycles. The lowest BCUT2D eigenvalue weighted by Crippen LogP contribution is -2.39. The Morgan fingerprint density at radius 3 is 2.61 bits per heavy atom. The van der Waals surface area contributed by atoms with Gasteiger partial charge in [-0.05, 0) is 50.1 Å². The van der Waals surface area contributed by atoms with Gasteiger partial charge in [0.1, 0.15) is 17.3 Å². The van der Waals surface area contributed by atoms with E-state index >= 15 is 0 Å². The van der Waals surface area contributed by atoms with Gasteiger partial charge in [-0.25, -0.2) is 18.7 Å². The van der Waals surface area contributed by atoms with Gasteiger partial charge in [-0.15, -0.1) is 0 Å². The average molecular weight is 588 g/mol. The molecule has 3 aromatic heterocycles. The number of hydrogen-bond acceptors (Lipinski definition) is 7. The standard InChI is InChI=1S/C22H28ClN7O3.C6H4F2/c1-22(2,33)13-29-6-4-16(11-29)28-20-21(32)30(17(23)10-27-20)12-18(31)25-8-14-7-15-3-5-24-19(15)26-9-14;7-5-3-1-2-4-6(5)8/h3,5,7,9-10,16,33H,4,6,8,11-13H2,1-2H3,(H,24,26)(H,25,31)(H,27,28);1-4H. The van der Waals surface area contributed by atoms with Gasteiger partial charge in [-0.3, -0.25) is 19.1 Å². The number of fused-ring (bicyclic) bond motifs is 1. The Bertz CT molecular complexity index is 1530. The third-order valence-corrected chi connectivity index (χ3v) is 6.60. The molecule has 5 rings (SSSR count). The van der Waals surface area contributed by atoms with Crippen molar-refractivity contribution in [3.05, 3.63) is 87.7 Å². The van der Waals surface area contributed by atoms with Crippen molar-refractivity contribution < 1.29 is 18.7 Å². The first-order chi connectivity index (χ1) is 19.5. The Kier molecular flexibility index (Phi) is 9.69. The summed E-state index contributed by atoms with van der Waals surface area (Å²) in [7, 11) is 0. The van der Waals surface area contributed by atoms with Gasteiger partial charge in [0.2, 0.25) is 5.91 Å². The Hall–Kier alpha value is -3.87. The van der Waals surface area contributed by atoms with Crippen LogP contribution in [0, 0.1) is 11.6 Å². The number of carbonyl (C=O) groups excluding carboxylic acids is 1. The lowest BCUT2D eigenvalue weighted by molar-refractivity contribution is -0.121. The van der Waals surface area contributed by atoms with Crippen molar-refractivity contribution in [3.8, 4) is 0 Å². The van der Waals surface area contributed by atoms with Gasteiger partial charge in [-0.2, -0.15) is 0 Å². The highest BCUT2D eigenvalue weighted by atomic mass is 35.5. The maximum absolute atomic E-state index is 12.9. The molecule has 1 unspecified atom stereocenters. The van der Waals surface area contributed by atoms with Gasteiger partial charge in [0.15, 0.2) is 17.5 Å². The Labute approximate surface area is 240 Å². The average Bonchev–Trinajstić information content (AvgIpc) is 3.57. The minimum absolute atomic E-state index is 0.0202. The number of pyridine rings is 1. The van der Waals surface area contributed by atoms with Crippen molar-refractivity contribution >= 4 is 34.4 Å². The van der Waals surface area contributed by atoms with E-state index in [2.05, 4.69) is 30.5 Å². The number of aliphatic hydroxyl groups is 1. The molecule has 218 valence electrons. The Morgan fingerprint density at radius 2 is 1.93 bits per heavy atom. The van der Waals surface area contributed by atoms with Crippen LogP contribution in [0.2, 0.25) is 5.15 Å². The number of aromatic amines is 1. The van der Waals surface area contributed by atoms with Crippen LogP contribution < -0.4 is 16.2 Å². The molecule has 0 spiro atoms. The second-order valence-corrected chi connectivity index (χ2v) is 10.8. The maximum Gasteiger partial charge on any atom is 0.294 e. The lowest BCUT2D eigenvalue weighted by atomic mass is 10.1. The molecule has 1 aliphatic rings. The molecule has 1 aliphatic heterocycles. The summed E-state index contributed by atoms with van der Waals surface area (Å²) >= 11 is 6.17. The second kappa shape index (κ2) is 13.2. The zero-order chi connectivity index (χ0) is 29.6. The van der Waals surface area contributed by atoms with Crippen LogP contribution in [0.4, 0.5) is 14.6 Å². The summed E-state index contributed by atoms with van der Waals surface area (Å²) in [4.78, 5) is 39.0. The van der Waals surface area contributed by atoms with Crippen molar-refractivity contribution in [2.75, 3.05) is 25.0 Å². The smallest absolute Gasteiger partial charge is 0.294 e. The van der Waals surface area contributed by atoms with Crippen molar-refractivity contribution in [2.24, 2.45) is 0 Å². The first kappa shape index (κ1) is 30.1. The molecule has 0 saturated carbocycles. The Balaban J connectivity index is 0.000000417. The van der Waals surface area contributed by atoms with Crippen molar-refractivity contribution in [1.29, 1.82) is 0 Å². The number of carbonyl (C=O) groups is 1. The minimum atomic E-state index is -0.799. The molecule has 1 fully saturated rings. The first-order valence-electron chi connectivity index (χ1n) is 13.0. The van der Waals surface area contributed by atoms with Gasteiger partial charge in [0.25, 0.3) is 5.56 Å². The van der Waals surface area contributed by atoms with E-state index in [4.69, 9.17) is 11.6 Å². The summed E-state index contributed by atoms with van der Waals surface area (Å²) in [5.41, 5.74) is 0.402. The van der Waals surface area contributed by atoms with Gasteiger partial charge >= 0.3 is 0 Å². The summed E-state index contributed by atoms with van der Waals surface area (Å²) in [6.07, 6.45) is 5.68. The van der Waals surface area contributed by atoms with E-state index in [1.54, 1.807) is 26.2 Å². The highest BCUT2D eigenvalue weighted by Gasteiger charge is 2.27. The molecule has 1 saturated heterocycles. The van der Waals surface area contributed by atoms with Crippen LogP contribution in [0.5, 0.6) is 0 Å². The first-order valence-corrected chi connectivity index (χ1v) is 13.4. The quantitative estimate of drug-likeness (QED) is 0.249. The number of nitrogens with zero attached hydrogens (tertiary/aromatic N) is 4. The monoisotopic (exact) mass is 587 g/mol. The number of amides is 1. The predicted octanol–water partition coefficient (Wildman–Crippen LogP) is 3.31. The molecule has 4 N–H and O–H groups in total. The summed E-state index contributed by atoms with van der Waals surface area (Å²) < 4.78 is 25.1. The molecule has 13 heteroatoms. The van der Waals surface area contributed by atoms with E-state index in [-0.39, 0.29) is 36.0 Å². The number of hydrogen-bond donors (Lipinski definition) is 4. The van der Waals surface area contributed by atoms with Crippen LogP contribution in [-0.4, -0.2) is 66.7 Å². The molecule has 4 aromatic rings. The molecule has 4 heterocycles. The zero-order valence-corrected chi connectivity index (χ0v) is 23.5. The fourth-order valence-corrected chi connectivity index (χ4v) is 4.66. The van der Waals surface area contributed by atoms with Crippen LogP contribution in [0.25, 0.3) is 11.0 Å².